The molecule has 8 heteroatoms. The molecule has 2 aliphatic heterocycles. The molecule has 1 N–H and O–H groups in total. The summed E-state index contributed by atoms with van der Waals surface area (Å²) in [4.78, 5) is 41.3. The number of rotatable bonds is 7. The first-order valence-corrected chi connectivity index (χ1v) is 11.3. The lowest BCUT2D eigenvalue weighted by Gasteiger charge is -2.32. The Kier molecular flexibility index (Phi) is 6.83. The van der Waals surface area contributed by atoms with E-state index in [1.165, 1.54) is 17.0 Å². The Morgan fingerprint density at radius 2 is 1.73 bits per heavy atom. The largest absolute Gasteiger partial charge is 0.349 e. The summed E-state index contributed by atoms with van der Waals surface area (Å²) in [6.07, 6.45) is 3.07. The molecule has 0 unspecified atom stereocenters. The van der Waals surface area contributed by atoms with Crippen LogP contribution in [0.1, 0.15) is 69.2 Å². The number of benzene rings is 2. The summed E-state index contributed by atoms with van der Waals surface area (Å²) < 4.78 is 26.5. The minimum Gasteiger partial charge on any atom is -0.349 e. The Bertz CT molecular complexity index is 1080. The number of unbranched alkanes of at least 4 members (excludes halogenated alkanes) is 1. The van der Waals surface area contributed by atoms with Crippen LogP contribution in [-0.2, 0) is 6.54 Å². The second-order valence-electron chi connectivity index (χ2n) is 8.65. The minimum absolute atomic E-state index is 0.0228. The number of hydrogen-bond donors (Lipinski definition) is 1. The van der Waals surface area contributed by atoms with Crippen LogP contribution in [0, 0.1) is 11.6 Å². The predicted molar refractivity (Wildman–Crippen MR) is 119 cm³/mol. The van der Waals surface area contributed by atoms with Gasteiger partial charge in [0.25, 0.3) is 17.7 Å². The zero-order valence-corrected chi connectivity index (χ0v) is 18.6. The number of nitrogens with zero attached hydrogens (tertiary/aromatic N) is 2. The van der Waals surface area contributed by atoms with Crippen LogP contribution in [0.3, 0.4) is 0 Å². The predicted octanol–water partition coefficient (Wildman–Crippen LogP) is 3.76. The molecule has 2 aromatic carbocycles. The molecule has 2 heterocycles. The van der Waals surface area contributed by atoms with E-state index in [4.69, 9.17) is 0 Å². The van der Waals surface area contributed by atoms with E-state index in [0.29, 0.717) is 42.9 Å². The number of imide groups is 1. The Morgan fingerprint density at radius 1 is 1.00 bits per heavy atom. The zero-order valence-electron chi connectivity index (χ0n) is 18.6. The van der Waals surface area contributed by atoms with Gasteiger partial charge < -0.3 is 5.32 Å². The average Bonchev–Trinajstić information content (AvgIpc) is 3.05. The molecule has 1 fully saturated rings. The van der Waals surface area contributed by atoms with Crippen LogP contribution >= 0.6 is 0 Å². The quantitative estimate of drug-likeness (QED) is 0.646. The van der Waals surface area contributed by atoms with Crippen LogP contribution in [0.2, 0.25) is 0 Å². The second-order valence-corrected chi connectivity index (χ2v) is 8.65. The summed E-state index contributed by atoms with van der Waals surface area (Å²) in [6, 6.07) is 8.55. The summed E-state index contributed by atoms with van der Waals surface area (Å²) in [5.74, 6) is -2.62. The van der Waals surface area contributed by atoms with Gasteiger partial charge in [-0.3, -0.25) is 24.2 Å². The second kappa shape index (κ2) is 9.79. The Labute approximate surface area is 191 Å². The number of piperidine rings is 1. The fourth-order valence-electron chi connectivity index (χ4n) is 4.35. The Hall–Kier alpha value is -3.13. The van der Waals surface area contributed by atoms with Gasteiger partial charge in [0.2, 0.25) is 0 Å². The third-order valence-corrected chi connectivity index (χ3v) is 6.28. The van der Waals surface area contributed by atoms with Gasteiger partial charge in [-0.25, -0.2) is 8.78 Å². The first-order valence-electron chi connectivity index (χ1n) is 11.3. The SMILES string of the molecule is CCCCN1C(=O)c2ccc(C(=O)NC3CCN(Cc4ccc(F)c(F)c4)CC3)cc2C1=O. The molecule has 0 saturated carbocycles. The van der Waals surface area contributed by atoms with Crippen molar-refractivity contribution in [1.82, 2.24) is 15.1 Å². The van der Waals surface area contributed by atoms with Crippen molar-refractivity contribution in [2.75, 3.05) is 19.6 Å². The first kappa shape index (κ1) is 23.0. The molecule has 0 spiro atoms. The lowest BCUT2D eigenvalue weighted by molar-refractivity contribution is 0.0652. The standard InChI is InChI=1S/C25H27F2N3O3/c1-2-3-10-30-24(32)19-6-5-17(14-20(19)25(30)33)23(31)28-18-8-11-29(12-9-18)15-16-4-7-21(26)22(27)13-16/h4-7,13-14,18H,2-3,8-12,15H2,1H3,(H,28,31). The highest BCUT2D eigenvalue weighted by Gasteiger charge is 2.35. The zero-order chi connectivity index (χ0) is 23.5. The summed E-state index contributed by atoms with van der Waals surface area (Å²) in [6.45, 7) is 4.33. The number of carbonyl (C=O) groups is 3. The molecule has 33 heavy (non-hydrogen) atoms. The lowest BCUT2D eigenvalue weighted by Crippen LogP contribution is -2.44. The third kappa shape index (κ3) is 4.95. The maximum absolute atomic E-state index is 13.4. The molecule has 0 radical (unpaired) electrons. The van der Waals surface area contributed by atoms with Crippen molar-refractivity contribution in [3.05, 3.63) is 70.3 Å². The molecule has 4 rings (SSSR count). The fraction of sp³-hybridized carbons (Fsp3) is 0.400. The first-order chi connectivity index (χ1) is 15.9. The molecule has 6 nitrogen and oxygen atoms in total. The van der Waals surface area contributed by atoms with Crippen LogP contribution in [-0.4, -0.2) is 53.2 Å². The highest BCUT2D eigenvalue weighted by atomic mass is 19.2. The van der Waals surface area contributed by atoms with Crippen molar-refractivity contribution in [1.29, 1.82) is 0 Å². The van der Waals surface area contributed by atoms with Gasteiger partial charge in [-0.15, -0.1) is 0 Å². The van der Waals surface area contributed by atoms with Gasteiger partial charge in [-0.05, 0) is 55.2 Å². The van der Waals surface area contributed by atoms with E-state index < -0.39 is 11.6 Å². The van der Waals surface area contributed by atoms with E-state index in [9.17, 15) is 23.2 Å². The molecule has 0 bridgehead atoms. The summed E-state index contributed by atoms with van der Waals surface area (Å²) in [5.41, 5.74) is 1.70. The van der Waals surface area contributed by atoms with Crippen LogP contribution < -0.4 is 5.32 Å². The van der Waals surface area contributed by atoms with Crippen molar-refractivity contribution in [2.45, 2.75) is 45.2 Å². The molecular weight excluding hydrogens is 428 g/mol. The maximum atomic E-state index is 13.4. The smallest absolute Gasteiger partial charge is 0.261 e. The lowest BCUT2D eigenvalue weighted by atomic mass is 10.0. The topological polar surface area (TPSA) is 69.7 Å². The van der Waals surface area contributed by atoms with E-state index in [-0.39, 0.29) is 29.3 Å². The van der Waals surface area contributed by atoms with Gasteiger partial charge >= 0.3 is 0 Å². The molecule has 0 aliphatic carbocycles. The van der Waals surface area contributed by atoms with Gasteiger partial charge in [0, 0.05) is 37.8 Å². The number of halogens is 2. The van der Waals surface area contributed by atoms with E-state index in [0.717, 1.165) is 31.7 Å². The molecule has 3 amide bonds. The summed E-state index contributed by atoms with van der Waals surface area (Å²) >= 11 is 0. The average molecular weight is 456 g/mol. The third-order valence-electron chi connectivity index (χ3n) is 6.28. The van der Waals surface area contributed by atoms with Crippen LogP contribution in [0.25, 0.3) is 0 Å². The molecule has 1 saturated heterocycles. The molecular formula is C25H27F2N3O3. The van der Waals surface area contributed by atoms with Crippen LogP contribution in [0.15, 0.2) is 36.4 Å². The van der Waals surface area contributed by atoms with E-state index in [2.05, 4.69) is 10.2 Å². The molecule has 0 aromatic heterocycles. The highest BCUT2D eigenvalue weighted by Crippen LogP contribution is 2.25. The van der Waals surface area contributed by atoms with Crippen molar-refractivity contribution >= 4 is 17.7 Å². The number of nitrogens with one attached hydrogen (secondary N) is 1. The molecule has 2 aromatic rings. The van der Waals surface area contributed by atoms with Crippen molar-refractivity contribution in [2.24, 2.45) is 0 Å². The van der Waals surface area contributed by atoms with Crippen molar-refractivity contribution in [3.63, 3.8) is 0 Å². The Morgan fingerprint density at radius 3 is 2.42 bits per heavy atom. The van der Waals surface area contributed by atoms with Gasteiger partial charge in [0.05, 0.1) is 11.1 Å². The molecule has 174 valence electrons. The highest BCUT2D eigenvalue weighted by molar-refractivity contribution is 6.22. The van der Waals surface area contributed by atoms with Gasteiger partial charge in [0.15, 0.2) is 11.6 Å². The number of likely N-dealkylation sites (tertiary alicyclic amines) is 1. The monoisotopic (exact) mass is 455 g/mol. The number of hydrogen-bond acceptors (Lipinski definition) is 4. The summed E-state index contributed by atoms with van der Waals surface area (Å²) in [5, 5.41) is 3.01. The normalized spacial score (nSPS) is 16.9. The van der Waals surface area contributed by atoms with E-state index >= 15 is 0 Å². The number of fused-ring (bicyclic) bond motifs is 1. The maximum Gasteiger partial charge on any atom is 0.261 e. The van der Waals surface area contributed by atoms with Crippen molar-refractivity contribution < 1.29 is 23.2 Å². The Balaban J connectivity index is 1.33. The number of amides is 3. The van der Waals surface area contributed by atoms with Gasteiger partial charge in [-0.1, -0.05) is 19.4 Å². The fourth-order valence-corrected chi connectivity index (χ4v) is 4.35. The van der Waals surface area contributed by atoms with Crippen LogP contribution in [0.5, 0.6) is 0 Å². The molecule has 0 atom stereocenters. The number of carbonyl (C=O) groups excluding carboxylic acids is 3. The van der Waals surface area contributed by atoms with Crippen molar-refractivity contribution in [3.8, 4) is 0 Å². The van der Waals surface area contributed by atoms with Crippen LogP contribution in [0.4, 0.5) is 8.78 Å². The molecule has 2 aliphatic rings. The van der Waals surface area contributed by atoms with Gasteiger partial charge in [-0.2, -0.15) is 0 Å². The van der Waals surface area contributed by atoms with E-state index in [1.54, 1.807) is 18.2 Å². The minimum atomic E-state index is -0.855. The summed E-state index contributed by atoms with van der Waals surface area (Å²) in [7, 11) is 0. The van der Waals surface area contributed by atoms with Gasteiger partial charge in [0.1, 0.15) is 0 Å². The van der Waals surface area contributed by atoms with E-state index in [1.807, 2.05) is 6.92 Å².